The lowest BCUT2D eigenvalue weighted by molar-refractivity contribution is -0.115. The van der Waals surface area contributed by atoms with E-state index >= 15 is 0 Å². The number of carbonyl (C=O) groups is 2. The molecule has 0 spiro atoms. The van der Waals surface area contributed by atoms with E-state index in [-0.39, 0.29) is 29.3 Å². The summed E-state index contributed by atoms with van der Waals surface area (Å²) >= 11 is 1.31. The van der Waals surface area contributed by atoms with Crippen LogP contribution >= 0.6 is 11.8 Å². The van der Waals surface area contributed by atoms with Crippen molar-refractivity contribution in [2.24, 2.45) is 0 Å². The largest absolute Gasteiger partial charge is 0.326 e. The summed E-state index contributed by atoms with van der Waals surface area (Å²) in [5.41, 5.74) is 2.94. The van der Waals surface area contributed by atoms with Gasteiger partial charge in [-0.3, -0.25) is 19.1 Å². The number of rotatable bonds is 7. The topological polar surface area (TPSA) is 80.1 Å². The first kappa shape index (κ1) is 22.7. The number of amides is 1. The highest BCUT2D eigenvalue weighted by atomic mass is 32.2. The van der Waals surface area contributed by atoms with Gasteiger partial charge < -0.3 is 5.32 Å². The van der Waals surface area contributed by atoms with Crippen LogP contribution in [0.2, 0.25) is 0 Å². The first-order valence-electron chi connectivity index (χ1n) is 11.5. The lowest BCUT2D eigenvalue weighted by Crippen LogP contribution is -2.33. The zero-order valence-electron chi connectivity index (χ0n) is 19.0. The van der Waals surface area contributed by atoms with E-state index in [1.807, 2.05) is 4.57 Å². The molecule has 1 N–H and O–H groups in total. The first-order valence-corrected chi connectivity index (χ1v) is 12.5. The molecular weight excluding hydrogens is 453 g/mol. The van der Waals surface area contributed by atoms with E-state index in [1.165, 1.54) is 30.3 Å². The number of halogens is 1. The molecule has 1 saturated heterocycles. The maximum atomic E-state index is 13.6. The molecule has 176 valence electrons. The molecule has 0 saturated carbocycles. The monoisotopic (exact) mass is 479 g/mol. The number of nitrogens with zero attached hydrogens (tertiary/aromatic N) is 4. The van der Waals surface area contributed by atoms with Gasteiger partial charge in [0, 0.05) is 16.9 Å². The highest BCUT2D eigenvalue weighted by Gasteiger charge is 2.26. The number of carbonyl (C=O) groups excluding carboxylic acids is 2. The Morgan fingerprint density at radius 1 is 1.12 bits per heavy atom. The van der Waals surface area contributed by atoms with Gasteiger partial charge in [-0.15, -0.1) is 10.2 Å². The molecule has 9 heteroatoms. The average Bonchev–Trinajstić information content (AvgIpc) is 3.45. The molecular formula is C25H26FN5O2S. The molecule has 1 unspecified atom stereocenters. The SMILES string of the molecule is CC(c1nnc(SCC(=O)c2ccc3c(c2)CC(=O)N3)n1-c1ccc(F)cc1)N1CCCCC1. The van der Waals surface area contributed by atoms with Crippen LogP contribution in [0.4, 0.5) is 10.1 Å². The molecule has 1 fully saturated rings. The predicted molar refractivity (Wildman–Crippen MR) is 129 cm³/mol. The molecule has 3 heterocycles. The molecule has 0 bridgehead atoms. The van der Waals surface area contributed by atoms with Gasteiger partial charge in [0.1, 0.15) is 5.82 Å². The van der Waals surface area contributed by atoms with Crippen LogP contribution in [0.15, 0.2) is 47.6 Å². The highest BCUT2D eigenvalue weighted by Crippen LogP contribution is 2.30. The zero-order chi connectivity index (χ0) is 23.7. The van der Waals surface area contributed by atoms with Crippen molar-refractivity contribution in [3.8, 4) is 5.69 Å². The van der Waals surface area contributed by atoms with Crippen molar-refractivity contribution < 1.29 is 14.0 Å². The number of likely N-dealkylation sites (tertiary alicyclic amines) is 1. The molecule has 0 aliphatic carbocycles. The number of hydrogen-bond donors (Lipinski definition) is 1. The third-order valence-electron chi connectivity index (χ3n) is 6.44. The first-order chi connectivity index (χ1) is 16.5. The van der Waals surface area contributed by atoms with Crippen LogP contribution in [0.5, 0.6) is 0 Å². The Balaban J connectivity index is 1.39. The fraction of sp³-hybridized carbons (Fsp3) is 0.360. The Morgan fingerprint density at radius 3 is 2.65 bits per heavy atom. The second-order valence-corrected chi connectivity index (χ2v) is 9.68. The molecule has 5 rings (SSSR count). The minimum Gasteiger partial charge on any atom is -0.326 e. The third-order valence-corrected chi connectivity index (χ3v) is 7.37. The smallest absolute Gasteiger partial charge is 0.228 e. The summed E-state index contributed by atoms with van der Waals surface area (Å²) in [5, 5.41) is 12.3. The molecule has 7 nitrogen and oxygen atoms in total. The number of anilines is 1. The van der Waals surface area contributed by atoms with Crippen LogP contribution in [0, 0.1) is 5.82 Å². The predicted octanol–water partition coefficient (Wildman–Crippen LogP) is 4.42. The van der Waals surface area contributed by atoms with Gasteiger partial charge >= 0.3 is 0 Å². The fourth-order valence-corrected chi connectivity index (χ4v) is 5.42. The molecule has 0 radical (unpaired) electrons. The van der Waals surface area contributed by atoms with E-state index in [4.69, 9.17) is 0 Å². The van der Waals surface area contributed by atoms with Gasteiger partial charge in [-0.2, -0.15) is 0 Å². The Hall–Kier alpha value is -3.04. The number of benzene rings is 2. The van der Waals surface area contributed by atoms with Crippen molar-refractivity contribution in [2.45, 2.75) is 43.8 Å². The van der Waals surface area contributed by atoms with Gasteiger partial charge in [-0.25, -0.2) is 4.39 Å². The molecule has 2 aliphatic rings. The second-order valence-electron chi connectivity index (χ2n) is 8.73. The van der Waals surface area contributed by atoms with Gasteiger partial charge in [0.05, 0.1) is 18.2 Å². The standard InChI is InChI=1S/C25H26FN5O2S/c1-16(30-11-3-2-4-12-30)24-28-29-25(31(24)20-8-6-19(26)7-9-20)34-15-22(32)17-5-10-21-18(13-17)14-23(33)27-21/h5-10,13,16H,2-4,11-12,14-15H2,1H3,(H,27,33). The minimum atomic E-state index is -0.309. The summed E-state index contributed by atoms with van der Waals surface area (Å²) in [6.07, 6.45) is 3.85. The van der Waals surface area contributed by atoms with E-state index in [1.54, 1.807) is 30.3 Å². The normalized spacial score (nSPS) is 16.8. The van der Waals surface area contributed by atoms with Crippen LogP contribution < -0.4 is 5.32 Å². The van der Waals surface area contributed by atoms with Crippen LogP contribution in [-0.2, 0) is 11.2 Å². The summed E-state index contributed by atoms with van der Waals surface area (Å²) in [7, 11) is 0. The van der Waals surface area contributed by atoms with Crippen LogP contribution in [-0.4, -0.2) is 50.2 Å². The summed E-state index contributed by atoms with van der Waals surface area (Å²) in [6.45, 7) is 4.14. The molecule has 2 aromatic carbocycles. The molecule has 2 aliphatic heterocycles. The number of Topliss-reactive ketones (excluding diaryl/α,β-unsaturated/α-hetero) is 1. The number of fused-ring (bicyclic) bond motifs is 1. The van der Waals surface area contributed by atoms with E-state index in [0.717, 1.165) is 48.7 Å². The lowest BCUT2D eigenvalue weighted by Gasteiger charge is -2.31. The van der Waals surface area contributed by atoms with Gasteiger partial charge in [0.2, 0.25) is 5.91 Å². The molecule has 1 atom stereocenters. The summed E-state index contributed by atoms with van der Waals surface area (Å²) in [5.74, 6) is 0.544. The maximum Gasteiger partial charge on any atom is 0.228 e. The number of thioether (sulfide) groups is 1. The Labute approximate surface area is 201 Å². The van der Waals surface area contributed by atoms with E-state index < -0.39 is 0 Å². The summed E-state index contributed by atoms with van der Waals surface area (Å²) in [6, 6.07) is 11.6. The molecule has 3 aromatic rings. The Kier molecular flexibility index (Phi) is 6.47. The number of hydrogen-bond acceptors (Lipinski definition) is 6. The summed E-state index contributed by atoms with van der Waals surface area (Å²) < 4.78 is 15.5. The minimum absolute atomic E-state index is 0.0460. The number of piperidine rings is 1. The van der Waals surface area contributed by atoms with Gasteiger partial charge in [-0.1, -0.05) is 18.2 Å². The lowest BCUT2D eigenvalue weighted by atomic mass is 10.1. The molecule has 1 aromatic heterocycles. The fourth-order valence-electron chi connectivity index (χ4n) is 4.56. The van der Waals surface area contributed by atoms with Crippen molar-refractivity contribution in [1.29, 1.82) is 0 Å². The second kappa shape index (κ2) is 9.68. The van der Waals surface area contributed by atoms with Crippen molar-refractivity contribution in [2.75, 3.05) is 24.2 Å². The average molecular weight is 480 g/mol. The number of nitrogens with one attached hydrogen (secondary N) is 1. The number of aromatic nitrogens is 3. The highest BCUT2D eigenvalue weighted by molar-refractivity contribution is 7.99. The van der Waals surface area contributed by atoms with Crippen molar-refractivity contribution >= 4 is 29.1 Å². The zero-order valence-corrected chi connectivity index (χ0v) is 19.8. The van der Waals surface area contributed by atoms with Crippen molar-refractivity contribution in [3.63, 3.8) is 0 Å². The van der Waals surface area contributed by atoms with E-state index in [9.17, 15) is 14.0 Å². The van der Waals surface area contributed by atoms with Gasteiger partial charge in [0.15, 0.2) is 16.8 Å². The van der Waals surface area contributed by atoms with Crippen molar-refractivity contribution in [3.05, 3.63) is 65.2 Å². The Morgan fingerprint density at radius 2 is 1.88 bits per heavy atom. The van der Waals surface area contributed by atoms with Crippen LogP contribution in [0.25, 0.3) is 5.69 Å². The van der Waals surface area contributed by atoms with E-state index in [0.29, 0.717) is 17.1 Å². The number of ketones is 1. The third kappa shape index (κ3) is 4.63. The van der Waals surface area contributed by atoms with Gasteiger partial charge in [-0.05, 0) is 80.9 Å². The van der Waals surface area contributed by atoms with E-state index in [2.05, 4.69) is 27.3 Å². The quantitative estimate of drug-likeness (QED) is 0.399. The van der Waals surface area contributed by atoms with Gasteiger partial charge in [0.25, 0.3) is 0 Å². The summed E-state index contributed by atoms with van der Waals surface area (Å²) in [4.78, 5) is 26.9. The molecule has 1 amide bonds. The van der Waals surface area contributed by atoms with Crippen LogP contribution in [0.3, 0.4) is 0 Å². The molecule has 34 heavy (non-hydrogen) atoms. The maximum absolute atomic E-state index is 13.6. The van der Waals surface area contributed by atoms with Crippen molar-refractivity contribution in [1.82, 2.24) is 19.7 Å². The van der Waals surface area contributed by atoms with Crippen LogP contribution in [0.1, 0.15) is 54.0 Å². The Bertz CT molecular complexity index is 1220.